The van der Waals surface area contributed by atoms with Crippen molar-refractivity contribution in [1.82, 2.24) is 0 Å². The Hall–Kier alpha value is -4.35. The Balaban J connectivity index is 1.65. The summed E-state index contributed by atoms with van der Waals surface area (Å²) in [5.74, 6) is 1.63. The van der Waals surface area contributed by atoms with E-state index in [2.05, 4.69) is 19.9 Å². The number of ether oxygens (including phenoxy) is 5. The lowest BCUT2D eigenvalue weighted by Gasteiger charge is -2.27. The molecule has 0 bridgehead atoms. The Morgan fingerprint density at radius 3 is 2.52 bits per heavy atom. The van der Waals surface area contributed by atoms with Crippen LogP contribution in [0.15, 0.2) is 66.1 Å². The van der Waals surface area contributed by atoms with E-state index < -0.39 is 11.9 Å². The first-order valence-electron chi connectivity index (χ1n) is 12.9. The van der Waals surface area contributed by atoms with Crippen LogP contribution in [0, 0.1) is 17.2 Å². The minimum atomic E-state index is -0.604. The lowest BCUT2D eigenvalue weighted by atomic mass is 9.83. The monoisotopic (exact) mass is 562 g/mol. The van der Waals surface area contributed by atoms with Crippen molar-refractivity contribution < 1.29 is 28.5 Å². The van der Waals surface area contributed by atoms with E-state index in [1.165, 1.54) is 13.2 Å². The molecule has 0 spiro atoms. The number of halogens is 1. The summed E-state index contributed by atoms with van der Waals surface area (Å²) < 4.78 is 28.4. The predicted molar refractivity (Wildman–Crippen MR) is 151 cm³/mol. The van der Waals surface area contributed by atoms with Gasteiger partial charge in [-0.2, -0.15) is 5.26 Å². The fourth-order valence-electron chi connectivity index (χ4n) is 4.30. The second-order valence-corrected chi connectivity index (χ2v) is 9.94. The quantitative estimate of drug-likeness (QED) is 0.217. The van der Waals surface area contributed by atoms with Crippen LogP contribution in [0.2, 0.25) is 5.02 Å². The van der Waals surface area contributed by atoms with Crippen molar-refractivity contribution in [3.05, 3.63) is 87.8 Å². The van der Waals surface area contributed by atoms with Crippen molar-refractivity contribution in [3.63, 3.8) is 0 Å². The van der Waals surface area contributed by atoms with Crippen LogP contribution in [0.1, 0.15) is 54.6 Å². The number of nitrogens with zero attached hydrogens (tertiary/aromatic N) is 1. The van der Waals surface area contributed by atoms with Gasteiger partial charge in [-0.1, -0.05) is 37.6 Å². The van der Waals surface area contributed by atoms with E-state index >= 15 is 0 Å². The van der Waals surface area contributed by atoms with Crippen LogP contribution < -0.4 is 29.4 Å². The van der Waals surface area contributed by atoms with Gasteiger partial charge in [0.15, 0.2) is 11.5 Å². The van der Waals surface area contributed by atoms with E-state index in [4.69, 9.17) is 41.0 Å². The number of rotatable bonds is 10. The van der Waals surface area contributed by atoms with Gasteiger partial charge in [0, 0.05) is 11.6 Å². The maximum Gasteiger partial charge on any atom is 0.343 e. The second-order valence-electron chi connectivity index (χ2n) is 9.53. The van der Waals surface area contributed by atoms with Crippen LogP contribution in [0.4, 0.5) is 0 Å². The Morgan fingerprint density at radius 2 is 1.85 bits per heavy atom. The molecule has 0 aromatic heterocycles. The fourth-order valence-corrected chi connectivity index (χ4v) is 4.56. The van der Waals surface area contributed by atoms with E-state index in [1.54, 1.807) is 30.3 Å². The SMILES string of the molecule is CCOc1cc(C2C(C#N)=C(N)Oc3cc(OC(=O)c4ccc(OC)c(Cl)c4)ccc32)ccc1OCCC(C)C. The van der Waals surface area contributed by atoms with E-state index in [-0.39, 0.29) is 22.8 Å². The molecule has 0 radical (unpaired) electrons. The zero-order valence-corrected chi connectivity index (χ0v) is 23.6. The largest absolute Gasteiger partial charge is 0.495 e. The molecule has 1 aliphatic heterocycles. The Morgan fingerprint density at radius 1 is 1.07 bits per heavy atom. The van der Waals surface area contributed by atoms with Crippen LogP contribution in [0.3, 0.4) is 0 Å². The molecule has 3 aromatic carbocycles. The average Bonchev–Trinajstić information content (AvgIpc) is 2.93. The number of esters is 1. The van der Waals surface area contributed by atoms with Gasteiger partial charge < -0.3 is 29.4 Å². The Bertz CT molecular complexity index is 1480. The maximum absolute atomic E-state index is 12.8. The maximum atomic E-state index is 12.8. The zero-order chi connectivity index (χ0) is 28.8. The fraction of sp³-hybridized carbons (Fsp3) is 0.290. The molecule has 9 heteroatoms. The first kappa shape index (κ1) is 28.7. The summed E-state index contributed by atoms with van der Waals surface area (Å²) in [7, 11) is 1.49. The van der Waals surface area contributed by atoms with Crippen LogP contribution in [-0.4, -0.2) is 26.3 Å². The van der Waals surface area contributed by atoms with Crippen LogP contribution in [-0.2, 0) is 0 Å². The lowest BCUT2D eigenvalue weighted by Crippen LogP contribution is -2.21. The highest BCUT2D eigenvalue weighted by molar-refractivity contribution is 6.32. The van der Waals surface area contributed by atoms with Gasteiger partial charge in [-0.15, -0.1) is 0 Å². The number of nitriles is 1. The summed E-state index contributed by atoms with van der Waals surface area (Å²) in [4.78, 5) is 12.8. The number of fused-ring (bicyclic) bond motifs is 1. The Kier molecular flexibility index (Phi) is 9.08. The number of carbonyl (C=O) groups is 1. The van der Waals surface area contributed by atoms with Gasteiger partial charge >= 0.3 is 5.97 Å². The molecule has 0 saturated carbocycles. The first-order chi connectivity index (χ1) is 19.2. The second kappa shape index (κ2) is 12.7. The Labute approximate surface area is 238 Å². The molecule has 0 saturated heterocycles. The van der Waals surface area contributed by atoms with Crippen LogP contribution in [0.25, 0.3) is 0 Å². The number of nitrogens with two attached hydrogens (primary N) is 1. The molecule has 208 valence electrons. The van der Waals surface area contributed by atoms with Crippen LogP contribution in [0.5, 0.6) is 28.7 Å². The summed E-state index contributed by atoms with van der Waals surface area (Å²) in [5.41, 5.74) is 8.17. The van der Waals surface area contributed by atoms with Gasteiger partial charge in [0.1, 0.15) is 28.9 Å². The van der Waals surface area contributed by atoms with Gasteiger partial charge in [0.25, 0.3) is 0 Å². The van der Waals surface area contributed by atoms with E-state index in [0.29, 0.717) is 52.7 Å². The van der Waals surface area contributed by atoms with Gasteiger partial charge in [-0.25, -0.2) is 4.79 Å². The number of allylic oxidation sites excluding steroid dienone is 1. The molecule has 0 amide bonds. The molecule has 0 fully saturated rings. The molecule has 1 heterocycles. The third-order valence-corrected chi connectivity index (χ3v) is 6.64. The molecular formula is C31H31ClN2O6. The highest BCUT2D eigenvalue weighted by Crippen LogP contribution is 2.45. The minimum Gasteiger partial charge on any atom is -0.495 e. The van der Waals surface area contributed by atoms with Crippen molar-refractivity contribution in [2.24, 2.45) is 11.7 Å². The number of benzene rings is 3. The molecule has 4 rings (SSSR count). The molecule has 1 atom stereocenters. The minimum absolute atomic E-state index is 0.0272. The van der Waals surface area contributed by atoms with E-state index in [0.717, 1.165) is 12.0 Å². The molecule has 1 aliphatic rings. The van der Waals surface area contributed by atoms with Gasteiger partial charge in [-0.3, -0.25) is 0 Å². The molecule has 8 nitrogen and oxygen atoms in total. The molecule has 3 aromatic rings. The number of hydrogen-bond donors (Lipinski definition) is 1. The average molecular weight is 563 g/mol. The molecule has 40 heavy (non-hydrogen) atoms. The van der Waals surface area contributed by atoms with Gasteiger partial charge in [0.05, 0.1) is 36.8 Å². The summed E-state index contributed by atoms with van der Waals surface area (Å²) in [6.45, 7) is 7.19. The highest BCUT2D eigenvalue weighted by atomic mass is 35.5. The van der Waals surface area contributed by atoms with Crippen molar-refractivity contribution in [3.8, 4) is 34.8 Å². The molecule has 0 aliphatic carbocycles. The summed E-state index contributed by atoms with van der Waals surface area (Å²) in [5, 5.41) is 10.3. The third-order valence-electron chi connectivity index (χ3n) is 6.34. The predicted octanol–water partition coefficient (Wildman–Crippen LogP) is 6.61. The molecule has 1 unspecified atom stereocenters. The van der Waals surface area contributed by atoms with Crippen molar-refractivity contribution in [1.29, 1.82) is 5.26 Å². The standard InChI is InChI=1S/C31H31ClN2O6/c1-5-37-28-15-19(6-11-26(28)38-13-12-18(2)3)29-22-9-8-21(16-27(22)40-30(34)23(29)17-33)39-31(35)20-7-10-25(36-4)24(32)14-20/h6-11,14-16,18,29H,5,12-13,34H2,1-4H3. The smallest absolute Gasteiger partial charge is 0.343 e. The zero-order valence-electron chi connectivity index (χ0n) is 22.8. The third kappa shape index (κ3) is 6.27. The molecular weight excluding hydrogens is 532 g/mol. The van der Waals surface area contributed by atoms with Gasteiger partial charge in [0.2, 0.25) is 5.88 Å². The topological polar surface area (TPSA) is 113 Å². The normalized spacial score (nSPS) is 14.2. The van der Waals surface area contributed by atoms with Crippen molar-refractivity contribution >= 4 is 17.6 Å². The summed E-state index contributed by atoms with van der Waals surface area (Å²) in [6, 6.07) is 17.4. The molecule has 2 N–H and O–H groups in total. The van der Waals surface area contributed by atoms with Crippen molar-refractivity contribution in [2.45, 2.75) is 33.1 Å². The summed E-state index contributed by atoms with van der Waals surface area (Å²) >= 11 is 6.15. The highest BCUT2D eigenvalue weighted by Gasteiger charge is 2.32. The summed E-state index contributed by atoms with van der Waals surface area (Å²) in [6.07, 6.45) is 0.914. The van der Waals surface area contributed by atoms with E-state index in [9.17, 15) is 10.1 Å². The lowest BCUT2D eigenvalue weighted by molar-refractivity contribution is 0.0734. The number of carbonyl (C=O) groups excluding carboxylic acids is 1. The van der Waals surface area contributed by atoms with Gasteiger partial charge in [-0.05, 0) is 61.2 Å². The first-order valence-corrected chi connectivity index (χ1v) is 13.3. The van der Waals surface area contributed by atoms with Crippen LogP contribution >= 0.6 is 11.6 Å². The number of methoxy groups -OCH3 is 1. The van der Waals surface area contributed by atoms with Crippen molar-refractivity contribution in [2.75, 3.05) is 20.3 Å². The van der Waals surface area contributed by atoms with E-state index in [1.807, 2.05) is 25.1 Å². The number of hydrogen-bond acceptors (Lipinski definition) is 8.